The van der Waals surface area contributed by atoms with Crippen molar-refractivity contribution in [3.8, 4) is 0 Å². The average molecular weight is 331 g/mol. The minimum Gasteiger partial charge on any atom is -0.385 e. The first-order chi connectivity index (χ1) is 10.6. The standard InChI is InChI=1S/C19H22N2O.ClH/c1-19(2,14-8-4-3-5-9-14)21-18(22)16-10-6-12-17-15(16)11-7-13-20-17;/h3-6,8-10,12,20H,7,11,13H2,1-2H3,(H,21,22);1H. The maximum absolute atomic E-state index is 12.8. The van der Waals surface area contributed by atoms with Crippen molar-refractivity contribution in [3.05, 3.63) is 65.2 Å². The Morgan fingerprint density at radius 1 is 1.09 bits per heavy atom. The van der Waals surface area contributed by atoms with Gasteiger partial charge in [-0.2, -0.15) is 0 Å². The summed E-state index contributed by atoms with van der Waals surface area (Å²) in [6, 6.07) is 16.0. The first-order valence-corrected chi connectivity index (χ1v) is 7.82. The Morgan fingerprint density at radius 2 is 1.83 bits per heavy atom. The van der Waals surface area contributed by atoms with Gasteiger partial charge in [0.15, 0.2) is 0 Å². The van der Waals surface area contributed by atoms with Gasteiger partial charge in [-0.3, -0.25) is 4.79 Å². The van der Waals surface area contributed by atoms with Gasteiger partial charge < -0.3 is 10.6 Å². The number of carbonyl (C=O) groups is 1. The molecule has 3 nitrogen and oxygen atoms in total. The Hall–Kier alpha value is -2.00. The zero-order valence-corrected chi connectivity index (χ0v) is 14.4. The molecule has 0 atom stereocenters. The van der Waals surface area contributed by atoms with E-state index in [0.717, 1.165) is 41.8 Å². The maximum atomic E-state index is 12.8. The van der Waals surface area contributed by atoms with Crippen LogP contribution in [0, 0.1) is 0 Å². The fourth-order valence-corrected chi connectivity index (χ4v) is 3.00. The average Bonchev–Trinajstić information content (AvgIpc) is 2.54. The number of fused-ring (bicyclic) bond motifs is 1. The molecule has 3 rings (SSSR count). The maximum Gasteiger partial charge on any atom is 0.252 e. The molecule has 122 valence electrons. The monoisotopic (exact) mass is 330 g/mol. The van der Waals surface area contributed by atoms with Crippen molar-refractivity contribution < 1.29 is 4.79 Å². The summed E-state index contributed by atoms with van der Waals surface area (Å²) in [4.78, 5) is 12.8. The second kappa shape index (κ2) is 7.05. The lowest BCUT2D eigenvalue weighted by atomic mass is 9.92. The highest BCUT2D eigenvalue weighted by Crippen LogP contribution is 2.27. The Morgan fingerprint density at radius 3 is 2.57 bits per heavy atom. The number of benzene rings is 2. The van der Waals surface area contributed by atoms with Gasteiger partial charge in [-0.15, -0.1) is 12.4 Å². The van der Waals surface area contributed by atoms with Gasteiger partial charge in [-0.25, -0.2) is 0 Å². The van der Waals surface area contributed by atoms with Crippen LogP contribution in [0.3, 0.4) is 0 Å². The third-order valence-corrected chi connectivity index (χ3v) is 4.26. The quantitative estimate of drug-likeness (QED) is 0.888. The van der Waals surface area contributed by atoms with Crippen LogP contribution in [0.25, 0.3) is 0 Å². The van der Waals surface area contributed by atoms with Crippen molar-refractivity contribution in [2.75, 3.05) is 11.9 Å². The van der Waals surface area contributed by atoms with Gasteiger partial charge in [-0.05, 0) is 49.9 Å². The Balaban J connectivity index is 0.00000192. The van der Waals surface area contributed by atoms with Crippen LogP contribution in [0.2, 0.25) is 0 Å². The summed E-state index contributed by atoms with van der Waals surface area (Å²) in [6.45, 7) is 5.05. The SMILES string of the molecule is CC(C)(NC(=O)c1cccc2c1CCCN2)c1ccccc1.Cl. The molecular weight excluding hydrogens is 308 g/mol. The number of nitrogens with one attached hydrogen (secondary N) is 2. The molecule has 1 heterocycles. The highest BCUT2D eigenvalue weighted by molar-refractivity contribution is 5.97. The summed E-state index contributed by atoms with van der Waals surface area (Å²) in [5.74, 6) is -0.00518. The van der Waals surface area contributed by atoms with E-state index in [9.17, 15) is 4.79 Å². The molecule has 1 aliphatic heterocycles. The smallest absolute Gasteiger partial charge is 0.252 e. The van der Waals surface area contributed by atoms with E-state index < -0.39 is 5.54 Å². The van der Waals surface area contributed by atoms with E-state index in [1.165, 1.54) is 0 Å². The first-order valence-electron chi connectivity index (χ1n) is 7.82. The number of carbonyl (C=O) groups excluding carboxylic acids is 1. The van der Waals surface area contributed by atoms with Gasteiger partial charge >= 0.3 is 0 Å². The van der Waals surface area contributed by atoms with E-state index in [2.05, 4.69) is 10.6 Å². The van der Waals surface area contributed by atoms with Gasteiger partial charge in [0, 0.05) is 17.8 Å². The van der Waals surface area contributed by atoms with E-state index in [1.807, 2.05) is 62.4 Å². The molecule has 0 bridgehead atoms. The topological polar surface area (TPSA) is 41.1 Å². The zero-order chi connectivity index (χ0) is 15.6. The molecule has 0 radical (unpaired) electrons. The van der Waals surface area contributed by atoms with Crippen LogP contribution in [-0.2, 0) is 12.0 Å². The van der Waals surface area contributed by atoms with E-state index >= 15 is 0 Å². The summed E-state index contributed by atoms with van der Waals surface area (Å²) in [6.07, 6.45) is 2.02. The molecule has 0 saturated carbocycles. The first kappa shape index (κ1) is 17.4. The van der Waals surface area contributed by atoms with Crippen LogP contribution in [-0.4, -0.2) is 12.5 Å². The molecule has 1 amide bonds. The molecular formula is C19H23ClN2O. The van der Waals surface area contributed by atoms with Crippen molar-refractivity contribution in [1.29, 1.82) is 0 Å². The Labute approximate surface area is 143 Å². The van der Waals surface area contributed by atoms with Crippen LogP contribution in [0.15, 0.2) is 48.5 Å². The lowest BCUT2D eigenvalue weighted by Crippen LogP contribution is -2.41. The molecule has 0 saturated heterocycles. The van der Waals surface area contributed by atoms with Gasteiger partial charge in [-0.1, -0.05) is 36.4 Å². The van der Waals surface area contributed by atoms with Crippen molar-refractivity contribution in [2.24, 2.45) is 0 Å². The molecule has 2 aromatic rings. The number of hydrogen-bond donors (Lipinski definition) is 2. The molecule has 23 heavy (non-hydrogen) atoms. The van der Waals surface area contributed by atoms with Crippen LogP contribution in [0.1, 0.15) is 41.8 Å². The van der Waals surface area contributed by atoms with Crippen molar-refractivity contribution >= 4 is 24.0 Å². The lowest BCUT2D eigenvalue weighted by molar-refractivity contribution is 0.0911. The summed E-state index contributed by atoms with van der Waals surface area (Å²) in [7, 11) is 0. The predicted molar refractivity (Wildman–Crippen MR) is 97.4 cm³/mol. The molecule has 2 N–H and O–H groups in total. The minimum absolute atomic E-state index is 0. The highest BCUT2D eigenvalue weighted by atomic mass is 35.5. The molecule has 1 aliphatic rings. The van der Waals surface area contributed by atoms with E-state index in [0.29, 0.717) is 0 Å². The summed E-state index contributed by atoms with van der Waals surface area (Å²) in [5, 5.41) is 6.54. The molecule has 0 aromatic heterocycles. The predicted octanol–water partition coefficient (Wildman–Crippen LogP) is 4.13. The van der Waals surface area contributed by atoms with Crippen LogP contribution in [0.4, 0.5) is 5.69 Å². The largest absolute Gasteiger partial charge is 0.385 e. The van der Waals surface area contributed by atoms with Gasteiger partial charge in [0.05, 0.1) is 5.54 Å². The van der Waals surface area contributed by atoms with Crippen LogP contribution in [0.5, 0.6) is 0 Å². The number of halogens is 1. The molecule has 0 spiro atoms. The molecule has 0 aliphatic carbocycles. The molecule has 4 heteroatoms. The molecule has 0 unspecified atom stereocenters. The number of hydrogen-bond acceptors (Lipinski definition) is 2. The van der Waals surface area contributed by atoms with Crippen molar-refractivity contribution in [2.45, 2.75) is 32.2 Å². The summed E-state index contributed by atoms with van der Waals surface area (Å²) in [5.41, 5.74) is 3.72. The van der Waals surface area contributed by atoms with E-state index in [4.69, 9.17) is 0 Å². The fourth-order valence-electron chi connectivity index (χ4n) is 3.00. The molecule has 0 fully saturated rings. The Bertz CT molecular complexity index is 683. The third-order valence-electron chi connectivity index (χ3n) is 4.26. The summed E-state index contributed by atoms with van der Waals surface area (Å²) >= 11 is 0. The normalized spacial score (nSPS) is 13.3. The van der Waals surface area contributed by atoms with Gasteiger partial charge in [0.1, 0.15) is 0 Å². The second-order valence-corrected chi connectivity index (χ2v) is 6.31. The van der Waals surface area contributed by atoms with Gasteiger partial charge in [0.25, 0.3) is 5.91 Å². The highest BCUT2D eigenvalue weighted by Gasteiger charge is 2.25. The lowest BCUT2D eigenvalue weighted by Gasteiger charge is -2.28. The van der Waals surface area contributed by atoms with Crippen LogP contribution < -0.4 is 10.6 Å². The van der Waals surface area contributed by atoms with Crippen LogP contribution >= 0.6 is 12.4 Å². The van der Waals surface area contributed by atoms with Gasteiger partial charge in [0.2, 0.25) is 0 Å². The third kappa shape index (κ3) is 3.67. The minimum atomic E-state index is -0.400. The molecule has 2 aromatic carbocycles. The number of rotatable bonds is 3. The van der Waals surface area contributed by atoms with Crippen molar-refractivity contribution in [3.63, 3.8) is 0 Å². The van der Waals surface area contributed by atoms with Crippen molar-refractivity contribution in [1.82, 2.24) is 5.32 Å². The number of amides is 1. The Kier molecular flexibility index (Phi) is 5.32. The number of anilines is 1. The zero-order valence-electron chi connectivity index (χ0n) is 13.6. The second-order valence-electron chi connectivity index (χ2n) is 6.31. The van der Waals surface area contributed by atoms with E-state index in [-0.39, 0.29) is 18.3 Å². The van der Waals surface area contributed by atoms with E-state index in [1.54, 1.807) is 0 Å². The summed E-state index contributed by atoms with van der Waals surface area (Å²) < 4.78 is 0. The fraction of sp³-hybridized carbons (Fsp3) is 0.316.